The third kappa shape index (κ3) is 5.14. The van der Waals surface area contributed by atoms with Gasteiger partial charge in [-0.25, -0.2) is 9.69 Å². The number of carbonyl (C=O) groups excluding carboxylic acids is 3. The molecule has 4 amide bonds. The summed E-state index contributed by atoms with van der Waals surface area (Å²) in [5.41, 5.74) is 2.62. The van der Waals surface area contributed by atoms with Crippen molar-refractivity contribution in [2.24, 2.45) is 0 Å². The average molecular weight is 495 g/mol. The number of imide groups is 2. The molecule has 1 aliphatic heterocycles. The van der Waals surface area contributed by atoms with E-state index in [1.165, 1.54) is 6.08 Å². The Balaban J connectivity index is 1.56. The van der Waals surface area contributed by atoms with Gasteiger partial charge in [0.1, 0.15) is 17.9 Å². The number of barbiturate groups is 1. The van der Waals surface area contributed by atoms with Crippen LogP contribution < -0.4 is 15.0 Å². The van der Waals surface area contributed by atoms with Crippen molar-refractivity contribution < 1.29 is 19.1 Å². The Kier molecular flexibility index (Phi) is 7.01. The van der Waals surface area contributed by atoms with Gasteiger partial charge in [0, 0.05) is 15.6 Å². The van der Waals surface area contributed by atoms with E-state index in [1.54, 1.807) is 54.6 Å². The zero-order chi connectivity index (χ0) is 24.2. The fraction of sp³-hybridized carbons (Fsp3) is 0.115. The van der Waals surface area contributed by atoms with Gasteiger partial charge in [-0.1, -0.05) is 60.5 Å². The summed E-state index contributed by atoms with van der Waals surface area (Å²) in [5.74, 6) is -0.930. The number of carbonyl (C=O) groups is 3. The lowest BCUT2D eigenvalue weighted by Crippen LogP contribution is -2.54. The van der Waals surface area contributed by atoms with E-state index < -0.39 is 17.8 Å². The van der Waals surface area contributed by atoms with Gasteiger partial charge in [0.15, 0.2) is 0 Å². The fourth-order valence-electron chi connectivity index (χ4n) is 3.43. The van der Waals surface area contributed by atoms with Crippen molar-refractivity contribution in [2.45, 2.75) is 20.0 Å². The SMILES string of the molecule is CCc1ccc(N2C(=O)NC(=O)/C(=C/c3cccc(OCc4ccc(Cl)cc4Cl)c3)C2=O)cc1. The summed E-state index contributed by atoms with van der Waals surface area (Å²) in [6, 6.07) is 18.3. The molecule has 6 nitrogen and oxygen atoms in total. The number of nitrogens with one attached hydrogen (secondary N) is 1. The maximum absolute atomic E-state index is 13.1. The van der Waals surface area contributed by atoms with E-state index in [0.717, 1.165) is 22.4 Å². The second-order valence-electron chi connectivity index (χ2n) is 7.57. The molecule has 0 radical (unpaired) electrons. The summed E-state index contributed by atoms with van der Waals surface area (Å²) >= 11 is 12.1. The first-order chi connectivity index (χ1) is 16.4. The van der Waals surface area contributed by atoms with Crippen LogP contribution in [0.4, 0.5) is 10.5 Å². The maximum atomic E-state index is 13.1. The first-order valence-electron chi connectivity index (χ1n) is 10.5. The van der Waals surface area contributed by atoms with Crippen molar-refractivity contribution in [3.8, 4) is 5.75 Å². The molecular formula is C26H20Cl2N2O4. The highest BCUT2D eigenvalue weighted by Gasteiger charge is 2.36. The zero-order valence-electron chi connectivity index (χ0n) is 18.2. The summed E-state index contributed by atoms with van der Waals surface area (Å²) in [6.45, 7) is 2.22. The molecule has 0 unspecified atom stereocenters. The molecule has 1 N–H and O–H groups in total. The summed E-state index contributed by atoms with van der Waals surface area (Å²) < 4.78 is 5.82. The largest absolute Gasteiger partial charge is 0.489 e. The lowest BCUT2D eigenvalue weighted by Gasteiger charge is -2.26. The van der Waals surface area contributed by atoms with Crippen LogP contribution in [0.2, 0.25) is 10.0 Å². The van der Waals surface area contributed by atoms with Gasteiger partial charge in [0.25, 0.3) is 11.8 Å². The van der Waals surface area contributed by atoms with E-state index in [2.05, 4.69) is 5.32 Å². The molecule has 172 valence electrons. The number of urea groups is 1. The zero-order valence-corrected chi connectivity index (χ0v) is 19.7. The summed E-state index contributed by atoms with van der Waals surface area (Å²) in [6.07, 6.45) is 2.26. The molecule has 0 atom stereocenters. The Morgan fingerprint density at radius 1 is 0.971 bits per heavy atom. The highest BCUT2D eigenvalue weighted by Crippen LogP contribution is 2.25. The monoisotopic (exact) mass is 494 g/mol. The smallest absolute Gasteiger partial charge is 0.335 e. The first kappa shape index (κ1) is 23.5. The van der Waals surface area contributed by atoms with Crippen molar-refractivity contribution in [3.63, 3.8) is 0 Å². The molecule has 0 aliphatic carbocycles. The third-order valence-corrected chi connectivity index (χ3v) is 5.87. The molecule has 0 aromatic heterocycles. The van der Waals surface area contributed by atoms with Crippen LogP contribution >= 0.6 is 23.2 Å². The molecule has 0 saturated carbocycles. The minimum atomic E-state index is -0.784. The molecule has 1 saturated heterocycles. The van der Waals surface area contributed by atoms with E-state index in [9.17, 15) is 14.4 Å². The number of benzene rings is 3. The predicted octanol–water partition coefficient (Wildman–Crippen LogP) is 5.80. The number of amides is 4. The molecule has 3 aromatic carbocycles. The summed E-state index contributed by atoms with van der Waals surface area (Å²) in [7, 11) is 0. The van der Waals surface area contributed by atoms with E-state index in [0.29, 0.717) is 27.0 Å². The highest BCUT2D eigenvalue weighted by atomic mass is 35.5. The van der Waals surface area contributed by atoms with Gasteiger partial charge in [-0.3, -0.25) is 14.9 Å². The minimum Gasteiger partial charge on any atom is -0.489 e. The number of ether oxygens (including phenoxy) is 1. The number of hydrogen-bond donors (Lipinski definition) is 1. The number of aryl methyl sites for hydroxylation is 1. The molecule has 0 spiro atoms. The Bertz CT molecular complexity index is 1300. The molecule has 3 aromatic rings. The van der Waals surface area contributed by atoms with Gasteiger partial charge in [0.05, 0.1) is 5.69 Å². The Hall–Kier alpha value is -3.61. The fourth-order valence-corrected chi connectivity index (χ4v) is 3.90. The van der Waals surface area contributed by atoms with Crippen LogP contribution in [0.25, 0.3) is 6.08 Å². The van der Waals surface area contributed by atoms with E-state index >= 15 is 0 Å². The minimum absolute atomic E-state index is 0.155. The van der Waals surface area contributed by atoms with Crippen molar-refractivity contribution in [1.29, 1.82) is 0 Å². The number of halogens is 2. The van der Waals surface area contributed by atoms with Crippen LogP contribution in [0.5, 0.6) is 5.75 Å². The molecule has 4 rings (SSSR count). The average Bonchev–Trinajstić information content (AvgIpc) is 2.82. The molecule has 1 fully saturated rings. The van der Waals surface area contributed by atoms with Crippen LogP contribution in [0.1, 0.15) is 23.6 Å². The van der Waals surface area contributed by atoms with Crippen LogP contribution in [-0.2, 0) is 22.6 Å². The predicted molar refractivity (Wildman–Crippen MR) is 132 cm³/mol. The Labute approximate surface area is 206 Å². The van der Waals surface area contributed by atoms with Gasteiger partial charge in [-0.15, -0.1) is 0 Å². The molecule has 34 heavy (non-hydrogen) atoms. The number of nitrogens with zero attached hydrogens (tertiary/aromatic N) is 1. The van der Waals surface area contributed by atoms with Crippen LogP contribution in [0.15, 0.2) is 72.3 Å². The number of anilines is 1. The molecular weight excluding hydrogens is 475 g/mol. The van der Waals surface area contributed by atoms with Gasteiger partial charge >= 0.3 is 6.03 Å². The van der Waals surface area contributed by atoms with Crippen LogP contribution in [0.3, 0.4) is 0 Å². The van der Waals surface area contributed by atoms with Crippen molar-refractivity contribution >= 4 is 52.8 Å². The van der Waals surface area contributed by atoms with Gasteiger partial charge in [-0.05, 0) is 60.0 Å². The quantitative estimate of drug-likeness (QED) is 0.347. The van der Waals surface area contributed by atoms with E-state index in [1.807, 2.05) is 19.1 Å². The van der Waals surface area contributed by atoms with Gasteiger partial charge in [0.2, 0.25) is 0 Å². The second kappa shape index (κ2) is 10.1. The molecule has 1 aliphatic rings. The van der Waals surface area contributed by atoms with Crippen molar-refractivity contribution in [3.05, 3.63) is 99.0 Å². The van der Waals surface area contributed by atoms with Gasteiger partial charge in [-0.2, -0.15) is 0 Å². The van der Waals surface area contributed by atoms with E-state index in [4.69, 9.17) is 27.9 Å². The second-order valence-corrected chi connectivity index (χ2v) is 8.42. The summed E-state index contributed by atoms with van der Waals surface area (Å²) in [5, 5.41) is 3.26. The molecule has 0 bridgehead atoms. The standard InChI is InChI=1S/C26H20Cl2N2O4/c1-2-16-6-10-20(11-7-16)30-25(32)22(24(31)29-26(30)33)13-17-4-3-5-21(12-17)34-15-18-8-9-19(27)14-23(18)28/h3-14H,2,15H2,1H3,(H,29,31,33)/b22-13-. The lowest BCUT2D eigenvalue weighted by molar-refractivity contribution is -0.122. The third-order valence-electron chi connectivity index (χ3n) is 5.28. The van der Waals surface area contributed by atoms with Gasteiger partial charge < -0.3 is 4.74 Å². The first-order valence-corrected chi connectivity index (χ1v) is 11.3. The number of hydrogen-bond acceptors (Lipinski definition) is 4. The normalized spacial score (nSPS) is 15.0. The van der Waals surface area contributed by atoms with Crippen LogP contribution in [-0.4, -0.2) is 17.8 Å². The summed E-state index contributed by atoms with van der Waals surface area (Å²) in [4.78, 5) is 38.9. The highest BCUT2D eigenvalue weighted by molar-refractivity contribution is 6.39. The topological polar surface area (TPSA) is 75.7 Å². The van der Waals surface area contributed by atoms with E-state index in [-0.39, 0.29) is 12.2 Å². The number of rotatable bonds is 6. The maximum Gasteiger partial charge on any atom is 0.335 e. The van der Waals surface area contributed by atoms with Crippen molar-refractivity contribution in [2.75, 3.05) is 4.90 Å². The lowest BCUT2D eigenvalue weighted by atomic mass is 10.1. The Morgan fingerprint density at radius 2 is 1.74 bits per heavy atom. The Morgan fingerprint density at radius 3 is 2.44 bits per heavy atom. The molecule has 8 heteroatoms. The molecule has 1 heterocycles. The van der Waals surface area contributed by atoms with Crippen LogP contribution in [0, 0.1) is 0 Å². The van der Waals surface area contributed by atoms with Crippen molar-refractivity contribution in [1.82, 2.24) is 5.32 Å².